The number of H-pyrrole nitrogens is 1. The first-order valence-corrected chi connectivity index (χ1v) is 6.62. The number of para-hydroxylation sites is 1. The number of anilines is 1. The van der Waals surface area contributed by atoms with Crippen LogP contribution in [0.15, 0.2) is 38.6 Å². The highest BCUT2D eigenvalue weighted by Gasteiger charge is 2.19. The van der Waals surface area contributed by atoms with Crippen LogP contribution in [0.4, 0.5) is 5.69 Å². The lowest BCUT2D eigenvalue weighted by molar-refractivity contribution is -0.772. The largest absolute Gasteiger partial charge is 0.441 e. The van der Waals surface area contributed by atoms with E-state index in [9.17, 15) is 9.59 Å². The predicted octanol–water partition coefficient (Wildman–Crippen LogP) is 0.832. The van der Waals surface area contributed by atoms with Gasteiger partial charge in [-0.05, 0) is 35.6 Å². The van der Waals surface area contributed by atoms with Gasteiger partial charge in [0.05, 0.1) is 5.75 Å². The minimum atomic E-state index is -0.476. The Bertz CT molecular complexity index is 648. The summed E-state index contributed by atoms with van der Waals surface area (Å²) in [6, 6.07) is 7.52. The molecule has 0 aliphatic carbocycles. The Morgan fingerprint density at radius 3 is 2.84 bits per heavy atom. The second kappa shape index (κ2) is 5.75. The Kier molecular flexibility index (Phi) is 4.06. The van der Waals surface area contributed by atoms with Crippen molar-refractivity contribution in [2.45, 2.75) is 11.9 Å². The highest BCUT2D eigenvalue weighted by molar-refractivity contribution is 7.99. The van der Waals surface area contributed by atoms with Crippen molar-refractivity contribution in [3.63, 3.8) is 0 Å². The minimum absolute atomic E-state index is 0.144. The van der Waals surface area contributed by atoms with Crippen LogP contribution in [-0.4, -0.2) is 16.9 Å². The predicted molar refractivity (Wildman–Crippen MR) is 71.0 cm³/mol. The summed E-state index contributed by atoms with van der Waals surface area (Å²) < 4.78 is 6.03. The molecule has 2 N–H and O–H groups in total. The standard InChI is InChI=1S/C12H13N3O3S/c1-8-5-3-4-6-9(8)13-10(16)7-19-11-12(17)18-14-15(11)2/h3-6H,7H2,1-2H3,(H-,13,14,16,17)/p+1. The number of aryl methyl sites for hydroxylation is 2. The second-order valence-electron chi connectivity index (χ2n) is 4.00. The first-order chi connectivity index (χ1) is 9.08. The molecule has 1 aromatic heterocycles. The Labute approximate surface area is 113 Å². The van der Waals surface area contributed by atoms with Gasteiger partial charge in [0, 0.05) is 5.69 Å². The maximum Gasteiger partial charge on any atom is 0.441 e. The molecule has 2 rings (SSSR count). The molecule has 0 spiro atoms. The van der Waals surface area contributed by atoms with Gasteiger partial charge in [0.2, 0.25) is 5.91 Å². The molecule has 0 bridgehead atoms. The molecule has 1 heterocycles. The Hall–Kier alpha value is -2.02. The number of carbonyl (C=O) groups excluding carboxylic acids is 1. The van der Waals surface area contributed by atoms with Gasteiger partial charge in [-0.25, -0.2) is 4.79 Å². The smallest absolute Gasteiger partial charge is 0.325 e. The average molecular weight is 280 g/mol. The van der Waals surface area contributed by atoms with Crippen molar-refractivity contribution in [1.29, 1.82) is 0 Å². The van der Waals surface area contributed by atoms with Crippen LogP contribution < -0.4 is 15.6 Å². The number of hydrogen-bond donors (Lipinski definition) is 2. The van der Waals surface area contributed by atoms with Gasteiger partial charge < -0.3 is 5.32 Å². The van der Waals surface area contributed by atoms with E-state index < -0.39 is 5.63 Å². The molecule has 1 aromatic carbocycles. The zero-order valence-electron chi connectivity index (χ0n) is 10.6. The number of nitrogens with zero attached hydrogens (tertiary/aromatic N) is 1. The van der Waals surface area contributed by atoms with Crippen LogP contribution in [0.1, 0.15) is 5.56 Å². The number of amides is 1. The maximum absolute atomic E-state index is 11.8. The average Bonchev–Trinajstić information content (AvgIpc) is 2.70. The lowest BCUT2D eigenvalue weighted by Crippen LogP contribution is -2.34. The van der Waals surface area contributed by atoms with Crippen molar-refractivity contribution in [3.05, 3.63) is 40.2 Å². The zero-order chi connectivity index (χ0) is 13.8. The lowest BCUT2D eigenvalue weighted by Gasteiger charge is -2.06. The van der Waals surface area contributed by atoms with E-state index in [4.69, 9.17) is 0 Å². The fourth-order valence-electron chi connectivity index (χ4n) is 1.52. The Morgan fingerprint density at radius 2 is 2.21 bits per heavy atom. The zero-order valence-corrected chi connectivity index (χ0v) is 11.4. The number of rotatable bonds is 4. The number of aromatic amines is 1. The molecule has 1 amide bonds. The number of thioether (sulfide) groups is 1. The van der Waals surface area contributed by atoms with E-state index in [-0.39, 0.29) is 11.7 Å². The fourth-order valence-corrected chi connectivity index (χ4v) is 2.25. The molecule has 0 atom stereocenters. The highest BCUT2D eigenvalue weighted by Crippen LogP contribution is 2.14. The summed E-state index contributed by atoms with van der Waals surface area (Å²) in [5.41, 5.74) is 1.29. The van der Waals surface area contributed by atoms with Crippen molar-refractivity contribution in [2.75, 3.05) is 11.1 Å². The fraction of sp³-hybridized carbons (Fsp3) is 0.250. The number of carbonyl (C=O) groups is 1. The van der Waals surface area contributed by atoms with Gasteiger partial charge in [-0.3, -0.25) is 9.32 Å². The molecule has 0 aliphatic rings. The van der Waals surface area contributed by atoms with Crippen LogP contribution in [0.3, 0.4) is 0 Å². The van der Waals surface area contributed by atoms with E-state index in [1.807, 2.05) is 31.2 Å². The summed E-state index contributed by atoms with van der Waals surface area (Å²) in [7, 11) is 1.65. The third-order valence-electron chi connectivity index (χ3n) is 2.51. The summed E-state index contributed by atoms with van der Waals surface area (Å²) in [5, 5.41) is 5.56. The summed E-state index contributed by atoms with van der Waals surface area (Å²) in [5.74, 6) is -0.0231. The molecule has 0 fully saturated rings. The van der Waals surface area contributed by atoms with E-state index in [0.29, 0.717) is 5.03 Å². The van der Waals surface area contributed by atoms with Crippen molar-refractivity contribution in [2.24, 2.45) is 7.05 Å². The molecule has 0 radical (unpaired) electrons. The highest BCUT2D eigenvalue weighted by atomic mass is 32.2. The lowest BCUT2D eigenvalue weighted by atomic mass is 10.2. The van der Waals surface area contributed by atoms with Gasteiger partial charge in [0.15, 0.2) is 7.05 Å². The number of hydrogen-bond acceptors (Lipinski definition) is 4. The summed E-state index contributed by atoms with van der Waals surface area (Å²) >= 11 is 1.13. The van der Waals surface area contributed by atoms with Crippen molar-refractivity contribution < 1.29 is 14.0 Å². The minimum Gasteiger partial charge on any atom is -0.325 e. The summed E-state index contributed by atoms with van der Waals surface area (Å²) in [6.07, 6.45) is 0. The molecular weight excluding hydrogens is 266 g/mol. The van der Waals surface area contributed by atoms with E-state index >= 15 is 0 Å². The molecule has 0 aliphatic heterocycles. The van der Waals surface area contributed by atoms with E-state index in [0.717, 1.165) is 23.0 Å². The van der Waals surface area contributed by atoms with E-state index in [2.05, 4.69) is 15.1 Å². The van der Waals surface area contributed by atoms with Crippen molar-refractivity contribution in [3.8, 4) is 0 Å². The van der Waals surface area contributed by atoms with Crippen LogP contribution in [-0.2, 0) is 11.8 Å². The quantitative estimate of drug-likeness (QED) is 0.642. The van der Waals surface area contributed by atoms with Crippen LogP contribution in [0, 0.1) is 6.92 Å². The van der Waals surface area contributed by atoms with Crippen LogP contribution in [0.2, 0.25) is 0 Å². The van der Waals surface area contributed by atoms with Gasteiger partial charge >= 0.3 is 10.7 Å². The molecule has 100 valence electrons. The molecule has 6 nitrogen and oxygen atoms in total. The normalized spacial score (nSPS) is 10.4. The molecule has 7 heteroatoms. The summed E-state index contributed by atoms with van der Waals surface area (Å²) in [4.78, 5) is 23.1. The first kappa shape index (κ1) is 13.4. The molecule has 2 aromatic rings. The Balaban J connectivity index is 1.96. The second-order valence-corrected chi connectivity index (χ2v) is 4.96. The van der Waals surface area contributed by atoms with Gasteiger partial charge in [-0.15, -0.1) is 0 Å². The van der Waals surface area contributed by atoms with Gasteiger partial charge in [0.1, 0.15) is 0 Å². The van der Waals surface area contributed by atoms with Gasteiger partial charge in [-0.2, -0.15) is 0 Å². The Morgan fingerprint density at radius 1 is 1.47 bits per heavy atom. The number of aromatic nitrogens is 2. The summed E-state index contributed by atoms with van der Waals surface area (Å²) in [6.45, 7) is 1.92. The third-order valence-corrected chi connectivity index (χ3v) is 3.63. The van der Waals surface area contributed by atoms with Crippen LogP contribution in [0.25, 0.3) is 0 Å². The van der Waals surface area contributed by atoms with E-state index in [1.165, 1.54) is 4.68 Å². The topological polar surface area (TPSA) is 79.0 Å². The number of nitrogens with one attached hydrogen (secondary N) is 2. The van der Waals surface area contributed by atoms with Crippen molar-refractivity contribution >= 4 is 23.4 Å². The SMILES string of the molecule is Cc1ccccc1NC(=O)CSc1c(=O)o[nH][n+]1C. The van der Waals surface area contributed by atoms with Crippen LogP contribution in [0.5, 0.6) is 0 Å². The van der Waals surface area contributed by atoms with Crippen LogP contribution >= 0.6 is 11.8 Å². The molecular formula is C12H14N3O3S+. The molecule has 0 saturated heterocycles. The first-order valence-electron chi connectivity index (χ1n) is 5.63. The van der Waals surface area contributed by atoms with E-state index in [1.54, 1.807) is 7.05 Å². The van der Waals surface area contributed by atoms with Gasteiger partial charge in [0.25, 0.3) is 0 Å². The molecule has 0 unspecified atom stereocenters. The third kappa shape index (κ3) is 3.25. The number of benzene rings is 1. The van der Waals surface area contributed by atoms with Gasteiger partial charge in [-0.1, -0.05) is 22.9 Å². The monoisotopic (exact) mass is 280 g/mol. The molecule has 0 saturated carbocycles. The molecule has 19 heavy (non-hydrogen) atoms. The maximum atomic E-state index is 11.8. The van der Waals surface area contributed by atoms with Crippen molar-refractivity contribution in [1.82, 2.24) is 5.27 Å².